The van der Waals surface area contributed by atoms with Crippen LogP contribution in [0.15, 0.2) is 76.2 Å². The van der Waals surface area contributed by atoms with Gasteiger partial charge in [0.1, 0.15) is 37.0 Å². The first-order chi connectivity index (χ1) is 15.8. The van der Waals surface area contributed by atoms with Crippen molar-refractivity contribution in [1.82, 2.24) is 4.72 Å². The van der Waals surface area contributed by atoms with Crippen molar-refractivity contribution in [1.29, 1.82) is 0 Å². The SMILES string of the molecule is O=C(CNS(=O)(=O)c1ccc(NCc2ccco2)c([N+](=O)[O-])c1)OCCOc1ccccc1. The molecule has 174 valence electrons. The Morgan fingerprint density at radius 3 is 2.55 bits per heavy atom. The van der Waals surface area contributed by atoms with Gasteiger partial charge in [-0.15, -0.1) is 0 Å². The molecule has 1 heterocycles. The molecule has 0 spiro atoms. The van der Waals surface area contributed by atoms with E-state index in [4.69, 9.17) is 13.9 Å². The Morgan fingerprint density at radius 2 is 1.85 bits per heavy atom. The molecule has 3 rings (SSSR count). The summed E-state index contributed by atoms with van der Waals surface area (Å²) in [6.07, 6.45) is 1.47. The molecule has 0 aliphatic rings. The number of ether oxygens (including phenoxy) is 2. The second kappa shape index (κ2) is 11.1. The maximum absolute atomic E-state index is 12.5. The van der Waals surface area contributed by atoms with Crippen LogP contribution in [0.1, 0.15) is 5.76 Å². The van der Waals surface area contributed by atoms with E-state index in [0.29, 0.717) is 11.5 Å². The number of nitro groups is 1. The van der Waals surface area contributed by atoms with Crippen molar-refractivity contribution in [3.05, 3.63) is 82.8 Å². The number of nitrogens with one attached hydrogen (secondary N) is 2. The number of esters is 1. The van der Waals surface area contributed by atoms with Gasteiger partial charge in [-0.2, -0.15) is 4.72 Å². The van der Waals surface area contributed by atoms with Gasteiger partial charge in [-0.3, -0.25) is 14.9 Å². The van der Waals surface area contributed by atoms with Gasteiger partial charge in [0.2, 0.25) is 10.0 Å². The number of hydrogen-bond donors (Lipinski definition) is 2. The third kappa shape index (κ3) is 7.05. The number of sulfonamides is 1. The van der Waals surface area contributed by atoms with Crippen molar-refractivity contribution in [3.63, 3.8) is 0 Å². The summed E-state index contributed by atoms with van der Waals surface area (Å²) in [5.41, 5.74) is -0.321. The second-order valence-corrected chi connectivity index (χ2v) is 8.34. The van der Waals surface area contributed by atoms with E-state index >= 15 is 0 Å². The van der Waals surface area contributed by atoms with Crippen LogP contribution in [0.25, 0.3) is 0 Å². The van der Waals surface area contributed by atoms with E-state index in [1.165, 1.54) is 18.4 Å². The fourth-order valence-electron chi connectivity index (χ4n) is 2.69. The average Bonchev–Trinajstić information content (AvgIpc) is 3.33. The van der Waals surface area contributed by atoms with Crippen molar-refractivity contribution >= 4 is 27.4 Å². The molecule has 0 bridgehead atoms. The predicted molar refractivity (Wildman–Crippen MR) is 117 cm³/mol. The number of para-hydroxylation sites is 1. The Morgan fingerprint density at radius 1 is 1.06 bits per heavy atom. The van der Waals surface area contributed by atoms with Crippen LogP contribution in [0.4, 0.5) is 11.4 Å². The molecule has 11 nitrogen and oxygen atoms in total. The van der Waals surface area contributed by atoms with Gasteiger partial charge >= 0.3 is 5.97 Å². The molecule has 0 saturated heterocycles. The minimum atomic E-state index is -4.19. The maximum atomic E-state index is 12.5. The normalized spacial score (nSPS) is 11.0. The van der Waals surface area contributed by atoms with Crippen molar-refractivity contribution in [2.45, 2.75) is 11.4 Å². The van der Waals surface area contributed by atoms with Gasteiger partial charge in [0.25, 0.3) is 5.69 Å². The van der Waals surface area contributed by atoms with Crippen LogP contribution in [0.2, 0.25) is 0 Å². The van der Waals surface area contributed by atoms with Crippen molar-refractivity contribution in [2.24, 2.45) is 0 Å². The molecule has 3 aromatic rings. The van der Waals surface area contributed by atoms with E-state index in [2.05, 4.69) is 10.0 Å². The van der Waals surface area contributed by atoms with Crippen LogP contribution >= 0.6 is 0 Å². The average molecular weight is 475 g/mol. The Hall–Kier alpha value is -3.90. The first-order valence-electron chi connectivity index (χ1n) is 9.73. The van der Waals surface area contributed by atoms with E-state index in [9.17, 15) is 23.3 Å². The quantitative estimate of drug-likeness (QED) is 0.174. The topological polar surface area (TPSA) is 150 Å². The summed E-state index contributed by atoms with van der Waals surface area (Å²) in [5, 5.41) is 14.2. The number of rotatable bonds is 12. The number of anilines is 1. The summed E-state index contributed by atoms with van der Waals surface area (Å²) >= 11 is 0. The highest BCUT2D eigenvalue weighted by Crippen LogP contribution is 2.28. The van der Waals surface area contributed by atoms with E-state index in [1.54, 1.807) is 36.4 Å². The van der Waals surface area contributed by atoms with Crippen LogP contribution < -0.4 is 14.8 Å². The van der Waals surface area contributed by atoms with Gasteiger partial charge in [-0.1, -0.05) is 18.2 Å². The van der Waals surface area contributed by atoms with Gasteiger partial charge in [-0.25, -0.2) is 8.42 Å². The van der Waals surface area contributed by atoms with Crippen LogP contribution in [-0.2, 0) is 26.1 Å². The second-order valence-electron chi connectivity index (χ2n) is 6.58. The van der Waals surface area contributed by atoms with Crippen molar-refractivity contribution in [2.75, 3.05) is 25.1 Å². The molecule has 2 aromatic carbocycles. The molecule has 0 unspecified atom stereocenters. The summed E-state index contributed by atoms with van der Waals surface area (Å²) in [4.78, 5) is 22.2. The highest BCUT2D eigenvalue weighted by Gasteiger charge is 2.22. The molecule has 1 aromatic heterocycles. The zero-order chi connectivity index (χ0) is 23.7. The zero-order valence-corrected chi connectivity index (χ0v) is 18.1. The van der Waals surface area contributed by atoms with Crippen molar-refractivity contribution in [3.8, 4) is 5.75 Å². The monoisotopic (exact) mass is 475 g/mol. The lowest BCUT2D eigenvalue weighted by Gasteiger charge is -2.10. The fraction of sp³-hybridized carbons (Fsp3) is 0.190. The highest BCUT2D eigenvalue weighted by atomic mass is 32.2. The number of nitro benzene ring substituents is 1. The summed E-state index contributed by atoms with van der Waals surface area (Å²) < 4.78 is 42.5. The predicted octanol–water partition coefficient (Wildman–Crippen LogP) is 2.70. The molecule has 12 heteroatoms. The standard InChI is InChI=1S/C21H21N3O8S/c25-21(32-12-11-31-16-5-2-1-3-6-16)15-23-33(28,29)18-8-9-19(20(13-18)24(26)27)22-14-17-7-4-10-30-17/h1-10,13,22-23H,11-12,14-15H2. The van der Waals surface area contributed by atoms with Gasteiger partial charge in [-0.05, 0) is 36.4 Å². The molecular weight excluding hydrogens is 454 g/mol. The van der Waals surface area contributed by atoms with Crippen LogP contribution in [0.3, 0.4) is 0 Å². The Bertz CT molecular complexity index is 1180. The molecule has 0 atom stereocenters. The van der Waals surface area contributed by atoms with Crippen molar-refractivity contribution < 1.29 is 32.0 Å². The van der Waals surface area contributed by atoms with Gasteiger partial charge in [0.05, 0.1) is 22.6 Å². The first-order valence-corrected chi connectivity index (χ1v) is 11.2. The van der Waals surface area contributed by atoms with Crippen LogP contribution in [0, 0.1) is 10.1 Å². The zero-order valence-electron chi connectivity index (χ0n) is 17.3. The summed E-state index contributed by atoms with van der Waals surface area (Å²) in [5.74, 6) is 0.342. The number of hydrogen-bond acceptors (Lipinski definition) is 9. The number of carbonyl (C=O) groups is 1. The molecule has 0 fully saturated rings. The minimum absolute atomic E-state index is 0.0725. The molecule has 0 radical (unpaired) electrons. The van der Waals surface area contributed by atoms with E-state index in [0.717, 1.165) is 6.07 Å². The number of carbonyl (C=O) groups excluding carboxylic acids is 1. The Kier molecular flexibility index (Phi) is 8.00. The number of furan rings is 1. The van der Waals surface area contributed by atoms with Gasteiger partial charge in [0, 0.05) is 6.07 Å². The summed E-state index contributed by atoms with van der Waals surface area (Å²) in [6, 6.07) is 15.6. The maximum Gasteiger partial charge on any atom is 0.321 e. The van der Waals surface area contributed by atoms with E-state index < -0.39 is 33.1 Å². The molecular formula is C21H21N3O8S. The Balaban J connectivity index is 1.53. The molecule has 0 amide bonds. The summed E-state index contributed by atoms with van der Waals surface area (Å²) in [6.45, 7) is -0.434. The molecule has 0 aliphatic heterocycles. The largest absolute Gasteiger partial charge is 0.490 e. The van der Waals surface area contributed by atoms with Crippen LogP contribution in [0.5, 0.6) is 5.75 Å². The summed E-state index contributed by atoms with van der Waals surface area (Å²) in [7, 11) is -4.19. The molecule has 33 heavy (non-hydrogen) atoms. The van der Waals surface area contributed by atoms with Gasteiger partial charge < -0.3 is 19.2 Å². The number of benzene rings is 2. The van der Waals surface area contributed by atoms with Crippen LogP contribution in [-0.4, -0.2) is 39.1 Å². The minimum Gasteiger partial charge on any atom is -0.490 e. The first kappa shape index (κ1) is 23.8. The fourth-order valence-corrected chi connectivity index (χ4v) is 3.68. The van der Waals surface area contributed by atoms with E-state index in [1.807, 2.05) is 6.07 Å². The highest BCUT2D eigenvalue weighted by molar-refractivity contribution is 7.89. The number of nitrogens with zero attached hydrogens (tertiary/aromatic N) is 1. The molecule has 0 saturated carbocycles. The lowest BCUT2D eigenvalue weighted by Crippen LogP contribution is -2.31. The van der Waals surface area contributed by atoms with Gasteiger partial charge in [0.15, 0.2) is 0 Å². The smallest absolute Gasteiger partial charge is 0.321 e. The lowest BCUT2D eigenvalue weighted by molar-refractivity contribution is -0.384. The molecule has 0 aliphatic carbocycles. The lowest BCUT2D eigenvalue weighted by atomic mass is 10.2. The molecule has 2 N–H and O–H groups in total. The Labute approximate surface area is 189 Å². The third-order valence-corrected chi connectivity index (χ3v) is 5.67. The third-order valence-electron chi connectivity index (χ3n) is 4.27. The van der Waals surface area contributed by atoms with E-state index in [-0.39, 0.29) is 30.3 Å².